The van der Waals surface area contributed by atoms with Gasteiger partial charge in [0.05, 0.1) is 16.6 Å². The van der Waals surface area contributed by atoms with Crippen molar-refractivity contribution in [1.82, 2.24) is 9.97 Å². The van der Waals surface area contributed by atoms with Crippen molar-refractivity contribution in [3.05, 3.63) is 60.7 Å². The maximum atomic E-state index is 12.5. The van der Waals surface area contributed by atoms with E-state index in [9.17, 15) is 4.79 Å². The number of aromatic nitrogens is 2. The average molecular weight is 377 g/mol. The summed E-state index contributed by atoms with van der Waals surface area (Å²) in [5, 5.41) is 0.857. The van der Waals surface area contributed by atoms with Crippen molar-refractivity contribution < 1.29 is 4.79 Å². The van der Waals surface area contributed by atoms with Crippen molar-refractivity contribution in [2.75, 3.05) is 0 Å². The van der Waals surface area contributed by atoms with Gasteiger partial charge < -0.3 is 4.98 Å². The Morgan fingerprint density at radius 1 is 0.852 bits per heavy atom. The van der Waals surface area contributed by atoms with E-state index in [-0.39, 0.29) is 5.25 Å². The molecule has 0 saturated heterocycles. The van der Waals surface area contributed by atoms with Gasteiger partial charge in [0, 0.05) is 17.5 Å². The SMILES string of the molecule is O=C1CCCCCCC1Sc1nc(-c2ccccc2)c(-c2ccccc2)[nH]1. The molecule has 0 spiro atoms. The molecule has 2 aromatic carbocycles. The fraction of sp³-hybridized carbons (Fsp3) is 0.304. The van der Waals surface area contributed by atoms with Crippen LogP contribution in [0.3, 0.4) is 0 Å². The number of carbonyl (C=O) groups is 1. The lowest BCUT2D eigenvalue weighted by Crippen LogP contribution is -2.18. The van der Waals surface area contributed by atoms with Gasteiger partial charge in [0.2, 0.25) is 0 Å². The summed E-state index contributed by atoms with van der Waals surface area (Å²) < 4.78 is 0. The van der Waals surface area contributed by atoms with E-state index < -0.39 is 0 Å². The summed E-state index contributed by atoms with van der Waals surface area (Å²) in [7, 11) is 0. The van der Waals surface area contributed by atoms with Gasteiger partial charge in [-0.05, 0) is 12.8 Å². The summed E-state index contributed by atoms with van der Waals surface area (Å²) >= 11 is 1.60. The van der Waals surface area contributed by atoms with Crippen LogP contribution in [-0.4, -0.2) is 21.0 Å². The predicted molar refractivity (Wildman–Crippen MR) is 112 cm³/mol. The van der Waals surface area contributed by atoms with Gasteiger partial charge in [-0.2, -0.15) is 0 Å². The van der Waals surface area contributed by atoms with E-state index in [1.165, 1.54) is 12.8 Å². The van der Waals surface area contributed by atoms with Crippen LogP contribution in [0.4, 0.5) is 0 Å². The summed E-state index contributed by atoms with van der Waals surface area (Å²) in [6, 6.07) is 20.5. The fourth-order valence-corrected chi connectivity index (χ4v) is 4.70. The van der Waals surface area contributed by atoms with Crippen LogP contribution in [0.25, 0.3) is 22.5 Å². The quantitative estimate of drug-likeness (QED) is 0.596. The Morgan fingerprint density at radius 3 is 2.26 bits per heavy atom. The van der Waals surface area contributed by atoms with Crippen molar-refractivity contribution in [1.29, 1.82) is 0 Å². The first kappa shape index (κ1) is 18.1. The predicted octanol–water partition coefficient (Wildman–Crippen LogP) is 6.13. The van der Waals surface area contributed by atoms with Crippen molar-refractivity contribution in [3.63, 3.8) is 0 Å². The minimum atomic E-state index is 0.0173. The zero-order valence-corrected chi connectivity index (χ0v) is 16.2. The zero-order valence-electron chi connectivity index (χ0n) is 15.4. The van der Waals surface area contributed by atoms with E-state index in [1.54, 1.807) is 11.8 Å². The average Bonchev–Trinajstić information content (AvgIpc) is 3.13. The third-order valence-electron chi connectivity index (χ3n) is 5.04. The minimum Gasteiger partial charge on any atom is -0.332 e. The van der Waals surface area contributed by atoms with Gasteiger partial charge in [-0.3, -0.25) is 4.79 Å². The Bertz CT molecular complexity index is 832. The monoisotopic (exact) mass is 376 g/mol. The number of nitrogens with one attached hydrogen (secondary N) is 1. The molecule has 1 atom stereocenters. The summed E-state index contributed by atoms with van der Waals surface area (Å²) in [5.41, 5.74) is 4.16. The highest BCUT2D eigenvalue weighted by molar-refractivity contribution is 8.00. The van der Waals surface area contributed by atoms with Crippen molar-refractivity contribution >= 4 is 17.5 Å². The molecule has 4 heteroatoms. The first-order valence-corrected chi connectivity index (χ1v) is 10.6. The largest absolute Gasteiger partial charge is 0.332 e. The van der Waals surface area contributed by atoms with Crippen LogP contribution in [0.5, 0.6) is 0 Å². The zero-order chi connectivity index (χ0) is 18.5. The number of aromatic amines is 1. The van der Waals surface area contributed by atoms with Gasteiger partial charge >= 0.3 is 0 Å². The number of rotatable bonds is 4. The molecule has 0 bridgehead atoms. The van der Waals surface area contributed by atoms with Gasteiger partial charge in [0.1, 0.15) is 5.78 Å². The van der Waals surface area contributed by atoms with Crippen LogP contribution in [0, 0.1) is 0 Å². The Morgan fingerprint density at radius 2 is 1.52 bits per heavy atom. The second-order valence-electron chi connectivity index (χ2n) is 7.02. The van der Waals surface area contributed by atoms with Crippen LogP contribution >= 0.6 is 11.8 Å². The summed E-state index contributed by atoms with van der Waals surface area (Å²) in [4.78, 5) is 20.9. The lowest BCUT2D eigenvalue weighted by atomic mass is 9.99. The van der Waals surface area contributed by atoms with Crippen LogP contribution in [0.2, 0.25) is 0 Å². The number of carbonyl (C=O) groups excluding carboxylic acids is 1. The lowest BCUT2D eigenvalue weighted by Gasteiger charge is -2.16. The van der Waals surface area contributed by atoms with E-state index in [1.807, 2.05) is 36.4 Å². The first-order chi connectivity index (χ1) is 13.3. The van der Waals surface area contributed by atoms with Crippen LogP contribution < -0.4 is 0 Å². The number of hydrogen-bond acceptors (Lipinski definition) is 3. The summed E-state index contributed by atoms with van der Waals surface area (Å²) in [6.07, 6.45) is 6.22. The molecule has 1 aromatic heterocycles. The Hall–Kier alpha value is -2.33. The molecule has 4 rings (SSSR count). The lowest BCUT2D eigenvalue weighted by molar-refractivity contribution is -0.119. The number of thioether (sulfide) groups is 1. The number of ketones is 1. The minimum absolute atomic E-state index is 0.0173. The summed E-state index contributed by atoms with van der Waals surface area (Å²) in [6.45, 7) is 0. The molecule has 1 aliphatic rings. The molecule has 1 saturated carbocycles. The Labute approximate surface area is 164 Å². The second kappa shape index (κ2) is 8.57. The summed E-state index contributed by atoms with van der Waals surface area (Å²) in [5.74, 6) is 0.374. The van der Waals surface area contributed by atoms with Crippen LogP contribution in [-0.2, 0) is 4.79 Å². The molecular weight excluding hydrogens is 352 g/mol. The number of hydrogen-bond donors (Lipinski definition) is 1. The molecule has 0 aliphatic heterocycles. The number of benzene rings is 2. The highest BCUT2D eigenvalue weighted by Gasteiger charge is 2.23. The van der Waals surface area contributed by atoms with Crippen LogP contribution in [0.15, 0.2) is 65.8 Å². The maximum Gasteiger partial charge on any atom is 0.167 e. The molecule has 1 fully saturated rings. The van der Waals surface area contributed by atoms with E-state index >= 15 is 0 Å². The topological polar surface area (TPSA) is 45.8 Å². The van der Waals surface area contributed by atoms with E-state index in [4.69, 9.17) is 4.98 Å². The van der Waals surface area contributed by atoms with Gasteiger partial charge in [-0.25, -0.2) is 4.98 Å². The molecular formula is C23H24N2OS. The Kier molecular flexibility index (Phi) is 5.73. The van der Waals surface area contributed by atoms with Crippen LogP contribution in [0.1, 0.15) is 38.5 Å². The third kappa shape index (κ3) is 4.33. The molecule has 3 aromatic rings. The standard InChI is InChI=1S/C23H24N2OS/c26-19-15-9-1-2-10-16-20(19)27-23-24-21(17-11-5-3-6-12-17)22(25-23)18-13-7-4-8-14-18/h3-8,11-14,20H,1-2,9-10,15-16H2,(H,24,25). The molecule has 1 unspecified atom stereocenters. The van der Waals surface area contributed by atoms with Crippen molar-refractivity contribution in [3.8, 4) is 22.5 Å². The molecule has 0 amide bonds. The van der Waals surface area contributed by atoms with E-state index in [2.05, 4.69) is 29.2 Å². The van der Waals surface area contributed by atoms with E-state index in [0.717, 1.165) is 46.9 Å². The van der Waals surface area contributed by atoms with Gasteiger partial charge in [0.15, 0.2) is 5.16 Å². The molecule has 0 radical (unpaired) electrons. The number of nitrogens with zero attached hydrogens (tertiary/aromatic N) is 1. The number of Topliss-reactive ketones (excluding diaryl/α,β-unsaturated/α-hetero) is 1. The first-order valence-electron chi connectivity index (χ1n) is 9.71. The van der Waals surface area contributed by atoms with E-state index in [0.29, 0.717) is 12.2 Å². The van der Waals surface area contributed by atoms with Crippen molar-refractivity contribution in [2.24, 2.45) is 0 Å². The van der Waals surface area contributed by atoms with Gasteiger partial charge in [-0.1, -0.05) is 91.7 Å². The highest BCUT2D eigenvalue weighted by Crippen LogP contribution is 2.35. The molecule has 27 heavy (non-hydrogen) atoms. The fourth-order valence-electron chi connectivity index (χ4n) is 3.59. The maximum absolute atomic E-state index is 12.5. The second-order valence-corrected chi connectivity index (χ2v) is 8.21. The highest BCUT2D eigenvalue weighted by atomic mass is 32.2. The smallest absolute Gasteiger partial charge is 0.167 e. The molecule has 1 N–H and O–H groups in total. The normalized spacial score (nSPS) is 18.1. The van der Waals surface area contributed by atoms with Gasteiger partial charge in [-0.15, -0.1) is 0 Å². The molecule has 3 nitrogen and oxygen atoms in total. The third-order valence-corrected chi connectivity index (χ3v) is 6.24. The number of H-pyrrole nitrogens is 1. The van der Waals surface area contributed by atoms with Crippen molar-refractivity contribution in [2.45, 2.75) is 48.9 Å². The Balaban J connectivity index is 1.67. The van der Waals surface area contributed by atoms with Gasteiger partial charge in [0.25, 0.3) is 0 Å². The molecule has 138 valence electrons. The number of imidazole rings is 1. The molecule has 1 heterocycles. The molecule has 1 aliphatic carbocycles.